The Bertz CT molecular complexity index is 1170. The van der Waals surface area contributed by atoms with Crippen molar-refractivity contribution in [3.05, 3.63) is 29.7 Å². The van der Waals surface area contributed by atoms with Gasteiger partial charge in [0, 0.05) is 23.6 Å². The molecule has 1 fully saturated rings. The summed E-state index contributed by atoms with van der Waals surface area (Å²) in [6.45, 7) is 1.95. The van der Waals surface area contributed by atoms with Crippen LogP contribution >= 0.6 is 0 Å². The van der Waals surface area contributed by atoms with Gasteiger partial charge in [0.15, 0.2) is 5.58 Å². The van der Waals surface area contributed by atoms with Crippen molar-refractivity contribution in [3.8, 4) is 11.3 Å². The zero-order valence-electron chi connectivity index (χ0n) is 18.6. The fourth-order valence-electron chi connectivity index (χ4n) is 4.16. The Morgan fingerprint density at radius 1 is 1.18 bits per heavy atom. The normalized spacial score (nSPS) is 22.9. The molecule has 34 heavy (non-hydrogen) atoms. The first-order chi connectivity index (χ1) is 16.1. The molecule has 4 rings (SSSR count). The molecule has 1 unspecified atom stereocenters. The van der Waals surface area contributed by atoms with Gasteiger partial charge in [-0.05, 0) is 31.9 Å². The van der Waals surface area contributed by atoms with Crippen LogP contribution in [0.25, 0.3) is 22.3 Å². The molecule has 1 saturated carbocycles. The van der Waals surface area contributed by atoms with Gasteiger partial charge in [-0.1, -0.05) is 6.92 Å². The molecular formula is C22H26F3N5O4. The van der Waals surface area contributed by atoms with Crippen molar-refractivity contribution in [1.29, 1.82) is 0 Å². The van der Waals surface area contributed by atoms with E-state index >= 15 is 0 Å². The van der Waals surface area contributed by atoms with Gasteiger partial charge in [0.2, 0.25) is 5.95 Å². The van der Waals surface area contributed by atoms with E-state index in [0.29, 0.717) is 22.6 Å². The van der Waals surface area contributed by atoms with E-state index in [1.165, 1.54) is 0 Å². The van der Waals surface area contributed by atoms with Crippen molar-refractivity contribution >= 4 is 22.7 Å². The molecule has 3 aromatic heterocycles. The summed E-state index contributed by atoms with van der Waals surface area (Å²) in [5.74, 6) is -0.292. The second-order valence-corrected chi connectivity index (χ2v) is 8.41. The number of fused-ring (bicyclic) bond motifs is 1. The summed E-state index contributed by atoms with van der Waals surface area (Å²) in [6, 6.07) is 2.95. The molecule has 0 saturated heterocycles. The minimum absolute atomic E-state index is 0.134. The Hall–Kier alpha value is -2.96. The highest BCUT2D eigenvalue weighted by Gasteiger charge is 2.41. The molecule has 0 bridgehead atoms. The average Bonchev–Trinajstić information content (AvgIpc) is 3.32. The number of hydrogen-bond donors (Lipinski definition) is 5. The molecule has 9 nitrogen and oxygen atoms in total. The van der Waals surface area contributed by atoms with E-state index in [9.17, 15) is 28.5 Å². The number of pyridine rings is 1. The van der Waals surface area contributed by atoms with Crippen molar-refractivity contribution in [2.45, 2.75) is 51.1 Å². The highest BCUT2D eigenvalue weighted by Crippen LogP contribution is 2.37. The summed E-state index contributed by atoms with van der Waals surface area (Å²) < 4.78 is 44.1. The summed E-state index contributed by atoms with van der Waals surface area (Å²) in [5, 5.41) is 36.1. The lowest BCUT2D eigenvalue weighted by atomic mass is 10.1. The van der Waals surface area contributed by atoms with Crippen molar-refractivity contribution in [3.63, 3.8) is 0 Å². The number of alkyl halides is 3. The van der Waals surface area contributed by atoms with Crippen molar-refractivity contribution in [1.82, 2.24) is 15.0 Å². The zero-order valence-corrected chi connectivity index (χ0v) is 18.6. The molecule has 1 aliphatic rings. The minimum Gasteiger partial charge on any atom is -0.454 e. The number of hydrogen-bond acceptors (Lipinski definition) is 9. The summed E-state index contributed by atoms with van der Waals surface area (Å²) in [4.78, 5) is 12.7. The van der Waals surface area contributed by atoms with Crippen molar-refractivity contribution in [2.24, 2.45) is 5.92 Å². The predicted molar refractivity (Wildman–Crippen MR) is 118 cm³/mol. The highest BCUT2D eigenvalue weighted by molar-refractivity contribution is 5.86. The van der Waals surface area contributed by atoms with Gasteiger partial charge in [0.05, 0.1) is 29.6 Å². The average molecular weight is 481 g/mol. The molecule has 0 spiro atoms. The molecule has 1 aliphatic carbocycles. The molecular weight excluding hydrogens is 455 g/mol. The first-order valence-corrected chi connectivity index (χ1v) is 10.9. The monoisotopic (exact) mass is 481 g/mol. The molecule has 184 valence electrons. The van der Waals surface area contributed by atoms with Crippen LogP contribution in [0.1, 0.15) is 24.7 Å². The van der Waals surface area contributed by atoms with E-state index in [-0.39, 0.29) is 24.8 Å². The number of furan rings is 1. The molecule has 5 N–H and O–H groups in total. The van der Waals surface area contributed by atoms with Crippen LogP contribution in [0.2, 0.25) is 0 Å². The number of rotatable bonds is 7. The lowest BCUT2D eigenvalue weighted by molar-refractivity contribution is -0.115. The van der Waals surface area contributed by atoms with E-state index in [2.05, 4.69) is 25.6 Å². The van der Waals surface area contributed by atoms with Crippen molar-refractivity contribution < 1.29 is 32.9 Å². The second kappa shape index (κ2) is 9.35. The van der Waals surface area contributed by atoms with Gasteiger partial charge in [-0.2, -0.15) is 18.2 Å². The largest absolute Gasteiger partial charge is 0.454 e. The van der Waals surface area contributed by atoms with Gasteiger partial charge in [-0.3, -0.25) is 4.98 Å². The van der Waals surface area contributed by atoms with Gasteiger partial charge in [0.25, 0.3) is 0 Å². The molecule has 4 atom stereocenters. The van der Waals surface area contributed by atoms with Crippen LogP contribution in [-0.4, -0.2) is 67.8 Å². The Balaban J connectivity index is 1.75. The van der Waals surface area contributed by atoms with Gasteiger partial charge in [-0.25, -0.2) is 4.98 Å². The quantitative estimate of drug-likeness (QED) is 0.345. The minimum atomic E-state index is -4.47. The van der Waals surface area contributed by atoms with Crippen LogP contribution in [0.5, 0.6) is 0 Å². The second-order valence-electron chi connectivity index (χ2n) is 8.41. The maximum Gasteiger partial charge on any atom is 0.405 e. The third kappa shape index (κ3) is 4.93. The van der Waals surface area contributed by atoms with Crippen LogP contribution in [0.4, 0.5) is 24.9 Å². The summed E-state index contributed by atoms with van der Waals surface area (Å²) >= 11 is 0. The van der Waals surface area contributed by atoms with Crippen LogP contribution in [0.15, 0.2) is 22.7 Å². The number of nitrogens with zero attached hydrogens (tertiary/aromatic N) is 3. The molecule has 0 radical (unpaired) electrons. The fourth-order valence-corrected chi connectivity index (χ4v) is 4.16. The Kier molecular flexibility index (Phi) is 6.65. The van der Waals surface area contributed by atoms with Gasteiger partial charge < -0.3 is 30.4 Å². The van der Waals surface area contributed by atoms with Crippen molar-refractivity contribution in [2.75, 3.05) is 23.8 Å². The molecule has 0 amide bonds. The van der Waals surface area contributed by atoms with Crippen LogP contribution in [0, 0.1) is 12.8 Å². The summed E-state index contributed by atoms with van der Waals surface area (Å²) in [6.07, 6.45) is -4.26. The topological polar surface area (TPSA) is 137 Å². The molecule has 3 heterocycles. The highest BCUT2D eigenvalue weighted by atomic mass is 19.4. The standard InChI is InChI=1S/C22H26F3N5O4/c1-3-13-4-11-6-15(34-16(11)7-26-13)17-10(2)28-21(27-9-22(23,24)25)30-20(17)29-14-5-12(8-31)18(32)19(14)33/h4,6-7,12,14,18-19,31-33H,3,5,8-9H2,1-2H3,(H2,27,28,29,30)/t12-,14?,18-,19+/m1/s1. The third-order valence-electron chi connectivity index (χ3n) is 5.96. The van der Waals surface area contributed by atoms with E-state index in [1.807, 2.05) is 13.0 Å². The molecule has 0 aliphatic heterocycles. The number of halogens is 3. The Morgan fingerprint density at radius 3 is 2.59 bits per heavy atom. The third-order valence-corrected chi connectivity index (χ3v) is 5.96. The molecule has 12 heteroatoms. The molecule has 0 aromatic carbocycles. The number of aliphatic hydroxyl groups is 3. The maximum absolute atomic E-state index is 12.7. The maximum atomic E-state index is 12.7. The van der Waals surface area contributed by atoms with Gasteiger partial charge >= 0.3 is 6.18 Å². The van der Waals surface area contributed by atoms with E-state index in [1.54, 1.807) is 19.2 Å². The first-order valence-electron chi connectivity index (χ1n) is 10.9. The predicted octanol–water partition coefficient (Wildman–Crippen LogP) is 2.64. The lowest BCUT2D eigenvalue weighted by Crippen LogP contribution is -2.36. The van der Waals surface area contributed by atoms with E-state index in [0.717, 1.165) is 17.5 Å². The van der Waals surface area contributed by atoms with Gasteiger partial charge in [0.1, 0.15) is 24.2 Å². The van der Waals surface area contributed by atoms with E-state index in [4.69, 9.17) is 4.42 Å². The molecule has 3 aromatic rings. The Morgan fingerprint density at radius 2 is 1.94 bits per heavy atom. The first kappa shape index (κ1) is 24.2. The zero-order chi connectivity index (χ0) is 24.6. The van der Waals surface area contributed by atoms with Crippen LogP contribution in [0.3, 0.4) is 0 Å². The number of aliphatic hydroxyl groups excluding tert-OH is 3. The number of aryl methyl sites for hydroxylation is 2. The summed E-state index contributed by atoms with van der Waals surface area (Å²) in [5.41, 5.74) is 2.14. The van der Waals surface area contributed by atoms with E-state index < -0.39 is 36.9 Å². The van der Waals surface area contributed by atoms with Crippen LogP contribution < -0.4 is 10.6 Å². The number of aromatic nitrogens is 3. The van der Waals surface area contributed by atoms with Crippen LogP contribution in [-0.2, 0) is 6.42 Å². The Labute approximate surface area is 193 Å². The number of nitrogens with one attached hydrogen (secondary N) is 2. The smallest absolute Gasteiger partial charge is 0.405 e. The fraction of sp³-hybridized carbons (Fsp3) is 0.500. The summed E-state index contributed by atoms with van der Waals surface area (Å²) in [7, 11) is 0. The van der Waals surface area contributed by atoms with Gasteiger partial charge in [-0.15, -0.1) is 0 Å². The SMILES string of the molecule is CCc1cc2cc(-c3c(C)nc(NCC(F)(F)F)nc3NC3C[C@H](CO)[C@@H](O)[C@H]3O)oc2cn1. The number of anilines is 2. The lowest BCUT2D eigenvalue weighted by Gasteiger charge is -2.21.